The molecule has 0 saturated carbocycles. The van der Waals surface area contributed by atoms with Crippen LogP contribution in [0.25, 0.3) is 22.9 Å². The van der Waals surface area contributed by atoms with Gasteiger partial charge in [-0.2, -0.15) is 5.10 Å². The molecule has 0 amide bonds. The van der Waals surface area contributed by atoms with E-state index in [1.807, 2.05) is 5.38 Å². The molecule has 0 spiro atoms. The molecule has 4 aromatic rings. The molecule has 0 atom stereocenters. The predicted octanol–water partition coefficient (Wildman–Crippen LogP) is 3.37. The maximum absolute atomic E-state index is 14.0. The van der Waals surface area contributed by atoms with E-state index in [4.69, 9.17) is 5.73 Å². The Hall–Kier alpha value is -3.20. The van der Waals surface area contributed by atoms with Crippen LogP contribution in [-0.4, -0.2) is 24.7 Å². The first-order valence-corrected chi connectivity index (χ1v) is 8.54. The zero-order valence-electron chi connectivity index (χ0n) is 13.3. The van der Waals surface area contributed by atoms with E-state index in [9.17, 15) is 8.78 Å². The second-order valence-electron chi connectivity index (χ2n) is 5.46. The van der Waals surface area contributed by atoms with Crippen molar-refractivity contribution in [2.75, 3.05) is 5.73 Å². The number of thiazole rings is 1. The number of aromatic nitrogens is 5. The van der Waals surface area contributed by atoms with Crippen LogP contribution >= 0.6 is 11.3 Å². The molecule has 0 aliphatic carbocycles. The molecule has 1 aromatic carbocycles. The van der Waals surface area contributed by atoms with Crippen molar-refractivity contribution in [1.29, 1.82) is 0 Å². The van der Waals surface area contributed by atoms with E-state index < -0.39 is 5.82 Å². The number of rotatable bonds is 4. The number of nitrogens with zero attached hydrogens (tertiary/aromatic N) is 5. The van der Waals surface area contributed by atoms with Gasteiger partial charge in [0.15, 0.2) is 17.5 Å². The maximum Gasteiger partial charge on any atom is 0.183 e. The smallest absolute Gasteiger partial charge is 0.183 e. The van der Waals surface area contributed by atoms with Gasteiger partial charge in [-0.3, -0.25) is 4.68 Å². The maximum atomic E-state index is 14.0. The molecule has 6 nitrogen and oxygen atoms in total. The minimum atomic E-state index is -0.695. The highest BCUT2D eigenvalue weighted by Gasteiger charge is 2.17. The monoisotopic (exact) mass is 370 g/mol. The van der Waals surface area contributed by atoms with Gasteiger partial charge in [0, 0.05) is 10.9 Å². The second-order valence-corrected chi connectivity index (χ2v) is 6.18. The summed E-state index contributed by atoms with van der Waals surface area (Å²) in [5, 5.41) is 6.31. The average molecular weight is 370 g/mol. The van der Waals surface area contributed by atoms with Crippen LogP contribution in [0.1, 0.15) is 5.56 Å². The van der Waals surface area contributed by atoms with Gasteiger partial charge in [0.25, 0.3) is 0 Å². The SMILES string of the molecule is Nc1nc(-c2cc(-c3cscn3)n(Cc3ccccc3F)n2)ncc1F. The Morgan fingerprint density at radius 3 is 2.65 bits per heavy atom. The molecule has 0 aliphatic heterocycles. The van der Waals surface area contributed by atoms with E-state index >= 15 is 0 Å². The number of hydrogen-bond acceptors (Lipinski definition) is 6. The normalized spacial score (nSPS) is 11.0. The largest absolute Gasteiger partial charge is 0.381 e. The third-order valence-corrected chi connectivity index (χ3v) is 4.34. The number of hydrogen-bond donors (Lipinski definition) is 1. The number of anilines is 1. The van der Waals surface area contributed by atoms with E-state index in [2.05, 4.69) is 20.1 Å². The number of halogens is 2. The lowest BCUT2D eigenvalue weighted by atomic mass is 10.2. The summed E-state index contributed by atoms with van der Waals surface area (Å²) in [4.78, 5) is 12.2. The van der Waals surface area contributed by atoms with E-state index in [1.165, 1.54) is 17.4 Å². The highest BCUT2D eigenvalue weighted by atomic mass is 32.1. The van der Waals surface area contributed by atoms with Crippen LogP contribution < -0.4 is 5.73 Å². The van der Waals surface area contributed by atoms with Gasteiger partial charge in [0.1, 0.15) is 11.5 Å². The lowest BCUT2D eigenvalue weighted by Crippen LogP contribution is -2.06. The molecule has 0 aliphatic rings. The van der Waals surface area contributed by atoms with Crippen LogP contribution in [0.2, 0.25) is 0 Å². The Morgan fingerprint density at radius 1 is 1.08 bits per heavy atom. The quantitative estimate of drug-likeness (QED) is 0.596. The number of benzene rings is 1. The number of nitrogens with two attached hydrogens (primary N) is 1. The van der Waals surface area contributed by atoms with Crippen molar-refractivity contribution in [1.82, 2.24) is 24.7 Å². The van der Waals surface area contributed by atoms with Gasteiger partial charge in [0.2, 0.25) is 0 Å². The number of nitrogen functional groups attached to an aromatic ring is 1. The van der Waals surface area contributed by atoms with Gasteiger partial charge >= 0.3 is 0 Å². The van der Waals surface area contributed by atoms with E-state index in [-0.39, 0.29) is 24.0 Å². The van der Waals surface area contributed by atoms with Crippen molar-refractivity contribution in [3.05, 3.63) is 64.6 Å². The fourth-order valence-electron chi connectivity index (χ4n) is 2.48. The molecule has 26 heavy (non-hydrogen) atoms. The standard InChI is InChI=1S/C17H12F2N6S/c18-11-4-2-1-3-10(11)7-25-15(14-8-26-9-22-14)5-13(24-25)17-21-6-12(19)16(20)23-17/h1-6,8-9H,7H2,(H2,20,21,23). The van der Waals surface area contributed by atoms with Gasteiger partial charge in [-0.1, -0.05) is 18.2 Å². The highest BCUT2D eigenvalue weighted by molar-refractivity contribution is 7.07. The molecular formula is C17H12F2N6S. The highest BCUT2D eigenvalue weighted by Crippen LogP contribution is 2.26. The molecule has 0 unspecified atom stereocenters. The van der Waals surface area contributed by atoms with Crippen LogP contribution in [0.5, 0.6) is 0 Å². The van der Waals surface area contributed by atoms with Gasteiger partial charge in [-0.25, -0.2) is 23.7 Å². The van der Waals surface area contributed by atoms with Crippen LogP contribution in [0.15, 0.2) is 47.4 Å². The second kappa shape index (κ2) is 6.60. The zero-order chi connectivity index (χ0) is 18.1. The molecule has 4 rings (SSSR count). The zero-order valence-corrected chi connectivity index (χ0v) is 14.1. The van der Waals surface area contributed by atoms with Gasteiger partial charge in [-0.15, -0.1) is 11.3 Å². The lowest BCUT2D eigenvalue weighted by molar-refractivity contribution is 0.587. The third-order valence-electron chi connectivity index (χ3n) is 3.75. The molecule has 9 heteroatoms. The van der Waals surface area contributed by atoms with Gasteiger partial charge < -0.3 is 5.73 Å². The Morgan fingerprint density at radius 2 is 1.92 bits per heavy atom. The minimum absolute atomic E-state index is 0.188. The first kappa shape index (κ1) is 16.3. The predicted molar refractivity (Wildman–Crippen MR) is 94.2 cm³/mol. The van der Waals surface area contributed by atoms with Crippen molar-refractivity contribution in [3.8, 4) is 22.9 Å². The van der Waals surface area contributed by atoms with Gasteiger partial charge in [0.05, 0.1) is 29.6 Å². The summed E-state index contributed by atoms with van der Waals surface area (Å²) in [5.74, 6) is -1.09. The topological polar surface area (TPSA) is 82.5 Å². The molecule has 0 radical (unpaired) electrons. The molecule has 0 fully saturated rings. The molecule has 3 heterocycles. The lowest BCUT2D eigenvalue weighted by Gasteiger charge is -2.06. The summed E-state index contributed by atoms with van der Waals surface area (Å²) in [6, 6.07) is 8.20. The first-order chi connectivity index (χ1) is 12.6. The summed E-state index contributed by atoms with van der Waals surface area (Å²) in [5.41, 5.74) is 9.47. The summed E-state index contributed by atoms with van der Waals surface area (Å²) in [6.45, 7) is 0.205. The van der Waals surface area contributed by atoms with Crippen molar-refractivity contribution in [2.45, 2.75) is 6.54 Å². The van der Waals surface area contributed by atoms with Crippen molar-refractivity contribution in [3.63, 3.8) is 0 Å². The molecular weight excluding hydrogens is 358 g/mol. The first-order valence-electron chi connectivity index (χ1n) is 7.60. The van der Waals surface area contributed by atoms with Crippen LogP contribution in [0, 0.1) is 11.6 Å². The minimum Gasteiger partial charge on any atom is -0.381 e. The van der Waals surface area contributed by atoms with Crippen LogP contribution in [0.4, 0.5) is 14.6 Å². The summed E-state index contributed by atoms with van der Waals surface area (Å²) < 4.78 is 29.0. The summed E-state index contributed by atoms with van der Waals surface area (Å²) >= 11 is 1.43. The Balaban J connectivity index is 1.80. The summed E-state index contributed by atoms with van der Waals surface area (Å²) in [7, 11) is 0. The molecule has 2 N–H and O–H groups in total. The molecule has 3 aromatic heterocycles. The van der Waals surface area contributed by atoms with E-state index in [0.29, 0.717) is 22.6 Å². The molecule has 130 valence electrons. The third kappa shape index (κ3) is 3.04. The van der Waals surface area contributed by atoms with Gasteiger partial charge in [-0.05, 0) is 12.1 Å². The van der Waals surface area contributed by atoms with Crippen molar-refractivity contribution >= 4 is 17.2 Å². The molecule has 0 saturated heterocycles. The van der Waals surface area contributed by atoms with Crippen LogP contribution in [0.3, 0.4) is 0 Å². The average Bonchev–Trinajstić information content (AvgIpc) is 3.29. The van der Waals surface area contributed by atoms with Crippen LogP contribution in [-0.2, 0) is 6.54 Å². The van der Waals surface area contributed by atoms with Crippen molar-refractivity contribution in [2.24, 2.45) is 0 Å². The van der Waals surface area contributed by atoms with E-state index in [1.54, 1.807) is 34.5 Å². The Labute approximate surface area is 151 Å². The fourth-order valence-corrected chi connectivity index (χ4v) is 3.03. The molecule has 0 bridgehead atoms. The summed E-state index contributed by atoms with van der Waals surface area (Å²) in [6.07, 6.45) is 0.996. The van der Waals surface area contributed by atoms with E-state index in [0.717, 1.165) is 6.20 Å². The Kier molecular flexibility index (Phi) is 4.13. The van der Waals surface area contributed by atoms with Crippen molar-refractivity contribution < 1.29 is 8.78 Å². The Bertz CT molecular complexity index is 1060. The fraction of sp³-hybridized carbons (Fsp3) is 0.0588.